The molecule has 0 aromatic rings. The van der Waals surface area contributed by atoms with Crippen LogP contribution in [0.25, 0.3) is 0 Å². The molecule has 2 aliphatic rings. The van der Waals surface area contributed by atoms with E-state index >= 15 is 0 Å². The maximum absolute atomic E-state index is 12.1. The fourth-order valence-corrected chi connectivity index (χ4v) is 3.10. The Kier molecular flexibility index (Phi) is 3.98. The van der Waals surface area contributed by atoms with E-state index in [1.165, 1.54) is 6.42 Å². The van der Waals surface area contributed by atoms with Gasteiger partial charge < -0.3 is 15.3 Å². The first-order chi connectivity index (χ1) is 9.31. The van der Waals surface area contributed by atoms with E-state index in [0.717, 1.165) is 6.54 Å². The fourth-order valence-electron chi connectivity index (χ4n) is 3.10. The zero-order valence-electron chi connectivity index (χ0n) is 12.7. The lowest BCUT2D eigenvalue weighted by Crippen LogP contribution is -2.49. The number of rotatable bonds is 4. The molecule has 114 valence electrons. The van der Waals surface area contributed by atoms with E-state index in [4.69, 9.17) is 0 Å². The third-order valence-corrected chi connectivity index (χ3v) is 5.36. The van der Waals surface area contributed by atoms with Gasteiger partial charge >= 0.3 is 12.0 Å². The standard InChI is InChI=1S/C15H26N2O3/c1-4-15(12(18)19)5-7-17(8-6-15)13(20)16-10-11-9-14(11,2)3/h11H,4-10H2,1-3H3,(H,16,20)(H,18,19). The lowest BCUT2D eigenvalue weighted by atomic mass is 9.76. The number of nitrogens with zero attached hydrogens (tertiary/aromatic N) is 1. The molecule has 5 heteroatoms. The number of likely N-dealkylation sites (tertiary alicyclic amines) is 1. The van der Waals surface area contributed by atoms with E-state index < -0.39 is 11.4 Å². The van der Waals surface area contributed by atoms with Gasteiger partial charge in [-0.1, -0.05) is 20.8 Å². The second-order valence-corrected chi connectivity index (χ2v) is 7.00. The van der Waals surface area contributed by atoms with Gasteiger partial charge in [-0.15, -0.1) is 0 Å². The highest BCUT2D eigenvalue weighted by Crippen LogP contribution is 2.51. The summed E-state index contributed by atoms with van der Waals surface area (Å²) >= 11 is 0. The average Bonchev–Trinajstić information content (AvgIpc) is 3.03. The van der Waals surface area contributed by atoms with Crippen molar-refractivity contribution in [2.24, 2.45) is 16.7 Å². The SMILES string of the molecule is CCC1(C(=O)O)CCN(C(=O)NCC2CC2(C)C)CC1. The van der Waals surface area contributed by atoms with Crippen molar-refractivity contribution in [2.75, 3.05) is 19.6 Å². The number of carboxylic acid groups (broad SMARTS) is 1. The average molecular weight is 282 g/mol. The first kappa shape index (κ1) is 15.1. The molecular weight excluding hydrogens is 256 g/mol. The second kappa shape index (κ2) is 5.26. The molecular formula is C15H26N2O3. The van der Waals surface area contributed by atoms with Crippen LogP contribution in [0.3, 0.4) is 0 Å². The van der Waals surface area contributed by atoms with Gasteiger partial charge in [0.2, 0.25) is 0 Å². The van der Waals surface area contributed by atoms with Crippen LogP contribution in [0.4, 0.5) is 4.79 Å². The third kappa shape index (κ3) is 2.91. The Morgan fingerprint density at radius 3 is 2.25 bits per heavy atom. The Labute approximate surface area is 120 Å². The van der Waals surface area contributed by atoms with Gasteiger partial charge in [0.15, 0.2) is 0 Å². The van der Waals surface area contributed by atoms with Crippen molar-refractivity contribution in [1.82, 2.24) is 10.2 Å². The van der Waals surface area contributed by atoms with Crippen LogP contribution >= 0.6 is 0 Å². The lowest BCUT2D eigenvalue weighted by Gasteiger charge is -2.38. The van der Waals surface area contributed by atoms with Crippen molar-refractivity contribution in [3.8, 4) is 0 Å². The Bertz CT molecular complexity index is 398. The van der Waals surface area contributed by atoms with Crippen LogP contribution in [0.1, 0.15) is 46.5 Å². The molecule has 0 aromatic heterocycles. The van der Waals surface area contributed by atoms with Crippen molar-refractivity contribution >= 4 is 12.0 Å². The molecule has 5 nitrogen and oxygen atoms in total. The molecule has 0 aromatic carbocycles. The highest BCUT2D eigenvalue weighted by Gasteiger charge is 2.45. The summed E-state index contributed by atoms with van der Waals surface area (Å²) in [6.45, 7) is 8.17. The maximum atomic E-state index is 12.1. The molecule has 2 fully saturated rings. The molecule has 1 atom stereocenters. The number of hydrogen-bond acceptors (Lipinski definition) is 2. The molecule has 1 aliphatic carbocycles. The summed E-state index contributed by atoms with van der Waals surface area (Å²) in [4.78, 5) is 25.2. The second-order valence-electron chi connectivity index (χ2n) is 7.00. The van der Waals surface area contributed by atoms with E-state index in [0.29, 0.717) is 43.7 Å². The van der Waals surface area contributed by atoms with Crippen molar-refractivity contribution in [3.05, 3.63) is 0 Å². The third-order valence-electron chi connectivity index (χ3n) is 5.36. The zero-order chi connectivity index (χ0) is 15.0. The smallest absolute Gasteiger partial charge is 0.317 e. The van der Waals surface area contributed by atoms with Crippen LogP contribution in [0.5, 0.6) is 0 Å². The predicted molar refractivity (Wildman–Crippen MR) is 76.5 cm³/mol. The zero-order valence-corrected chi connectivity index (χ0v) is 12.7. The fraction of sp³-hybridized carbons (Fsp3) is 0.867. The maximum Gasteiger partial charge on any atom is 0.317 e. The Hall–Kier alpha value is -1.26. The van der Waals surface area contributed by atoms with Crippen molar-refractivity contribution in [2.45, 2.75) is 46.5 Å². The van der Waals surface area contributed by atoms with Crippen LogP contribution in [-0.4, -0.2) is 41.6 Å². The Morgan fingerprint density at radius 1 is 1.30 bits per heavy atom. The van der Waals surface area contributed by atoms with E-state index in [-0.39, 0.29) is 6.03 Å². The molecule has 1 heterocycles. The van der Waals surface area contributed by atoms with Crippen LogP contribution in [0.2, 0.25) is 0 Å². The highest BCUT2D eigenvalue weighted by molar-refractivity contribution is 5.77. The lowest BCUT2D eigenvalue weighted by molar-refractivity contribution is -0.151. The molecule has 20 heavy (non-hydrogen) atoms. The van der Waals surface area contributed by atoms with Crippen LogP contribution < -0.4 is 5.32 Å². The number of carbonyl (C=O) groups is 2. The van der Waals surface area contributed by atoms with Gasteiger partial charge in [-0.05, 0) is 37.0 Å². The topological polar surface area (TPSA) is 69.6 Å². The molecule has 0 radical (unpaired) electrons. The van der Waals surface area contributed by atoms with Gasteiger partial charge in [0.25, 0.3) is 0 Å². The van der Waals surface area contributed by atoms with Crippen molar-refractivity contribution < 1.29 is 14.7 Å². The normalized spacial score (nSPS) is 26.9. The summed E-state index contributed by atoms with van der Waals surface area (Å²) in [5.41, 5.74) is -0.259. The quantitative estimate of drug-likeness (QED) is 0.831. The monoisotopic (exact) mass is 282 g/mol. The van der Waals surface area contributed by atoms with E-state index in [1.807, 2.05) is 6.92 Å². The molecule has 1 saturated heterocycles. The van der Waals surface area contributed by atoms with Gasteiger partial charge in [0.1, 0.15) is 0 Å². The number of carbonyl (C=O) groups excluding carboxylic acids is 1. The molecule has 2 amide bonds. The number of nitrogens with one attached hydrogen (secondary N) is 1. The van der Waals surface area contributed by atoms with Gasteiger partial charge in [-0.25, -0.2) is 4.79 Å². The van der Waals surface area contributed by atoms with Crippen LogP contribution in [-0.2, 0) is 4.79 Å². The van der Waals surface area contributed by atoms with Crippen LogP contribution in [0, 0.1) is 16.7 Å². The highest BCUT2D eigenvalue weighted by atomic mass is 16.4. The Morgan fingerprint density at radius 2 is 1.85 bits per heavy atom. The van der Waals surface area contributed by atoms with E-state index in [9.17, 15) is 14.7 Å². The summed E-state index contributed by atoms with van der Waals surface area (Å²) < 4.78 is 0. The number of aliphatic carboxylic acids is 1. The largest absolute Gasteiger partial charge is 0.481 e. The van der Waals surface area contributed by atoms with Gasteiger partial charge in [0.05, 0.1) is 5.41 Å². The summed E-state index contributed by atoms with van der Waals surface area (Å²) in [6.07, 6.45) is 2.92. The number of carboxylic acids is 1. The predicted octanol–water partition coefficient (Wildman–Crippen LogP) is 2.32. The van der Waals surface area contributed by atoms with Crippen molar-refractivity contribution in [1.29, 1.82) is 0 Å². The minimum atomic E-state index is -0.722. The minimum Gasteiger partial charge on any atom is -0.481 e. The molecule has 1 unspecified atom stereocenters. The minimum absolute atomic E-state index is 0.0391. The van der Waals surface area contributed by atoms with Gasteiger partial charge in [0, 0.05) is 19.6 Å². The van der Waals surface area contributed by atoms with Gasteiger partial charge in [-0.3, -0.25) is 4.79 Å². The summed E-state index contributed by atoms with van der Waals surface area (Å²) in [5.74, 6) is -0.134. The van der Waals surface area contributed by atoms with Crippen LogP contribution in [0.15, 0.2) is 0 Å². The molecule has 0 bridgehead atoms. The summed E-state index contributed by atoms with van der Waals surface area (Å²) in [6, 6.07) is -0.0391. The van der Waals surface area contributed by atoms with E-state index in [2.05, 4.69) is 19.2 Å². The van der Waals surface area contributed by atoms with Gasteiger partial charge in [-0.2, -0.15) is 0 Å². The first-order valence-electron chi connectivity index (χ1n) is 7.57. The number of piperidine rings is 1. The first-order valence-corrected chi connectivity index (χ1v) is 7.57. The summed E-state index contributed by atoms with van der Waals surface area (Å²) in [7, 11) is 0. The summed E-state index contributed by atoms with van der Waals surface area (Å²) in [5, 5.41) is 12.3. The number of hydrogen-bond donors (Lipinski definition) is 2. The molecule has 1 aliphatic heterocycles. The molecule has 1 saturated carbocycles. The number of urea groups is 1. The molecule has 0 spiro atoms. The molecule has 2 rings (SSSR count). The van der Waals surface area contributed by atoms with E-state index in [1.54, 1.807) is 4.90 Å². The number of amides is 2. The molecule has 2 N–H and O–H groups in total. The van der Waals surface area contributed by atoms with Crippen molar-refractivity contribution in [3.63, 3.8) is 0 Å². The Balaban J connectivity index is 1.78.